The lowest BCUT2D eigenvalue weighted by Gasteiger charge is -2.24. The van der Waals surface area contributed by atoms with Crippen LogP contribution in [0.3, 0.4) is 0 Å². The summed E-state index contributed by atoms with van der Waals surface area (Å²) in [7, 11) is 0. The van der Waals surface area contributed by atoms with Gasteiger partial charge in [0.15, 0.2) is 0 Å². The predicted molar refractivity (Wildman–Crippen MR) is 56.0 cm³/mol. The molecule has 0 radical (unpaired) electrons. The summed E-state index contributed by atoms with van der Waals surface area (Å²) in [4.78, 5) is 0. The molecule has 2 rings (SSSR count). The van der Waals surface area contributed by atoms with Gasteiger partial charge in [0.05, 0.1) is 5.02 Å². The molecule has 3 heteroatoms. The van der Waals surface area contributed by atoms with Gasteiger partial charge < -0.3 is 5.32 Å². The van der Waals surface area contributed by atoms with Crippen molar-refractivity contribution in [1.82, 2.24) is 5.32 Å². The van der Waals surface area contributed by atoms with E-state index in [-0.39, 0.29) is 16.9 Å². The first kappa shape index (κ1) is 9.94. The second-order valence-corrected chi connectivity index (χ2v) is 4.02. The molecule has 1 aliphatic heterocycles. The summed E-state index contributed by atoms with van der Waals surface area (Å²) in [6.07, 6.45) is 3.43. The van der Waals surface area contributed by atoms with Gasteiger partial charge in [0, 0.05) is 6.04 Å². The van der Waals surface area contributed by atoms with Crippen molar-refractivity contribution in [2.45, 2.75) is 25.3 Å². The van der Waals surface area contributed by atoms with Crippen LogP contribution in [0.15, 0.2) is 18.2 Å². The molecule has 1 N–H and O–H groups in total. The SMILES string of the molecule is Fc1cccc(C2CCCCN2)c1Cl. The highest BCUT2D eigenvalue weighted by Crippen LogP contribution is 2.30. The van der Waals surface area contributed by atoms with Gasteiger partial charge in [-0.15, -0.1) is 0 Å². The quantitative estimate of drug-likeness (QED) is 0.755. The first-order chi connectivity index (χ1) is 6.79. The number of hydrogen-bond donors (Lipinski definition) is 1. The van der Waals surface area contributed by atoms with E-state index in [4.69, 9.17) is 11.6 Å². The maximum Gasteiger partial charge on any atom is 0.142 e. The summed E-state index contributed by atoms with van der Waals surface area (Å²) in [6.45, 7) is 0.998. The van der Waals surface area contributed by atoms with Gasteiger partial charge >= 0.3 is 0 Å². The van der Waals surface area contributed by atoms with Crippen molar-refractivity contribution in [2.24, 2.45) is 0 Å². The monoisotopic (exact) mass is 213 g/mol. The van der Waals surface area contributed by atoms with Crippen LogP contribution in [-0.2, 0) is 0 Å². The van der Waals surface area contributed by atoms with E-state index in [2.05, 4.69) is 5.32 Å². The molecule has 1 fully saturated rings. The zero-order valence-corrected chi connectivity index (χ0v) is 8.65. The predicted octanol–water partition coefficient (Wildman–Crippen LogP) is 3.29. The van der Waals surface area contributed by atoms with E-state index >= 15 is 0 Å². The van der Waals surface area contributed by atoms with E-state index in [0.29, 0.717) is 0 Å². The number of piperidine rings is 1. The van der Waals surface area contributed by atoms with Gasteiger partial charge in [0.1, 0.15) is 5.82 Å². The van der Waals surface area contributed by atoms with E-state index in [1.165, 1.54) is 18.9 Å². The van der Waals surface area contributed by atoms with Gasteiger partial charge in [-0.3, -0.25) is 0 Å². The summed E-state index contributed by atoms with van der Waals surface area (Å²) in [5, 5.41) is 3.62. The minimum Gasteiger partial charge on any atom is -0.310 e. The van der Waals surface area contributed by atoms with Crippen LogP contribution in [0.25, 0.3) is 0 Å². The Labute approximate surface area is 88.3 Å². The molecule has 1 heterocycles. The number of benzene rings is 1. The van der Waals surface area contributed by atoms with Crippen LogP contribution in [0.2, 0.25) is 5.02 Å². The third kappa shape index (κ3) is 1.91. The van der Waals surface area contributed by atoms with Gasteiger partial charge in [-0.25, -0.2) is 4.39 Å². The van der Waals surface area contributed by atoms with Crippen molar-refractivity contribution < 1.29 is 4.39 Å². The second kappa shape index (κ2) is 4.28. The van der Waals surface area contributed by atoms with Crippen molar-refractivity contribution in [2.75, 3.05) is 6.54 Å². The Hall–Kier alpha value is -0.600. The third-order valence-corrected chi connectivity index (χ3v) is 3.07. The van der Waals surface area contributed by atoms with Crippen LogP contribution in [0, 0.1) is 5.82 Å². The Bertz CT molecular complexity index is 321. The summed E-state index contributed by atoms with van der Waals surface area (Å²) in [5.74, 6) is -0.323. The lowest BCUT2D eigenvalue weighted by atomic mass is 9.97. The molecule has 76 valence electrons. The molecule has 1 aromatic rings. The summed E-state index contributed by atoms with van der Waals surface area (Å²) in [6, 6.07) is 5.24. The molecule has 1 saturated heterocycles. The Morgan fingerprint density at radius 2 is 2.21 bits per heavy atom. The van der Waals surface area contributed by atoms with Crippen molar-refractivity contribution in [1.29, 1.82) is 0 Å². The van der Waals surface area contributed by atoms with Crippen LogP contribution < -0.4 is 5.32 Å². The maximum absolute atomic E-state index is 13.2. The van der Waals surface area contributed by atoms with Gasteiger partial charge in [0.2, 0.25) is 0 Å². The minimum absolute atomic E-state index is 0.229. The van der Waals surface area contributed by atoms with E-state index in [1.807, 2.05) is 6.07 Å². The van der Waals surface area contributed by atoms with E-state index < -0.39 is 0 Å². The van der Waals surface area contributed by atoms with Crippen LogP contribution >= 0.6 is 11.6 Å². The molecule has 1 aromatic carbocycles. The standard InChI is InChI=1S/C11H13ClFN/c12-11-8(4-3-5-9(11)13)10-6-1-2-7-14-10/h3-5,10,14H,1-2,6-7H2. The van der Waals surface area contributed by atoms with Crippen molar-refractivity contribution in [3.63, 3.8) is 0 Å². The zero-order chi connectivity index (χ0) is 9.97. The van der Waals surface area contributed by atoms with Gasteiger partial charge in [-0.05, 0) is 31.0 Å². The van der Waals surface area contributed by atoms with Crippen LogP contribution in [-0.4, -0.2) is 6.54 Å². The van der Waals surface area contributed by atoms with E-state index in [1.54, 1.807) is 6.07 Å². The van der Waals surface area contributed by atoms with E-state index in [9.17, 15) is 4.39 Å². The molecule has 14 heavy (non-hydrogen) atoms. The van der Waals surface area contributed by atoms with Gasteiger partial charge in [0.25, 0.3) is 0 Å². The fourth-order valence-electron chi connectivity index (χ4n) is 1.91. The first-order valence-electron chi connectivity index (χ1n) is 4.96. The molecule has 1 nitrogen and oxygen atoms in total. The molecule has 0 aliphatic carbocycles. The van der Waals surface area contributed by atoms with Crippen LogP contribution in [0.4, 0.5) is 4.39 Å². The molecular weight excluding hydrogens is 201 g/mol. The lowest BCUT2D eigenvalue weighted by Crippen LogP contribution is -2.27. The summed E-state index contributed by atoms with van der Waals surface area (Å²) in [5.41, 5.74) is 0.895. The molecule has 0 spiro atoms. The summed E-state index contributed by atoms with van der Waals surface area (Å²) >= 11 is 5.91. The Morgan fingerprint density at radius 1 is 1.36 bits per heavy atom. The molecule has 0 aromatic heterocycles. The highest BCUT2D eigenvalue weighted by atomic mass is 35.5. The minimum atomic E-state index is -0.323. The van der Waals surface area contributed by atoms with Crippen LogP contribution in [0.5, 0.6) is 0 Å². The average Bonchev–Trinajstić information content (AvgIpc) is 2.23. The second-order valence-electron chi connectivity index (χ2n) is 3.65. The number of halogens is 2. The maximum atomic E-state index is 13.2. The molecule has 0 bridgehead atoms. The average molecular weight is 214 g/mol. The number of hydrogen-bond acceptors (Lipinski definition) is 1. The fraction of sp³-hybridized carbons (Fsp3) is 0.455. The topological polar surface area (TPSA) is 12.0 Å². The van der Waals surface area contributed by atoms with Crippen LogP contribution in [0.1, 0.15) is 30.9 Å². The number of nitrogens with one attached hydrogen (secondary N) is 1. The molecule has 1 aliphatic rings. The Balaban J connectivity index is 2.26. The largest absolute Gasteiger partial charge is 0.310 e. The molecular formula is C11H13ClFN. The molecule has 0 saturated carbocycles. The lowest BCUT2D eigenvalue weighted by molar-refractivity contribution is 0.411. The highest BCUT2D eigenvalue weighted by molar-refractivity contribution is 6.31. The fourth-order valence-corrected chi connectivity index (χ4v) is 2.16. The number of rotatable bonds is 1. The van der Waals surface area contributed by atoms with E-state index in [0.717, 1.165) is 18.5 Å². The van der Waals surface area contributed by atoms with Crippen molar-refractivity contribution in [3.8, 4) is 0 Å². The van der Waals surface area contributed by atoms with Gasteiger partial charge in [-0.2, -0.15) is 0 Å². The first-order valence-corrected chi connectivity index (χ1v) is 5.34. The van der Waals surface area contributed by atoms with Crippen molar-refractivity contribution >= 4 is 11.6 Å². The highest BCUT2D eigenvalue weighted by Gasteiger charge is 2.18. The molecule has 0 amide bonds. The smallest absolute Gasteiger partial charge is 0.142 e. The Kier molecular flexibility index (Phi) is 3.04. The zero-order valence-electron chi connectivity index (χ0n) is 7.89. The third-order valence-electron chi connectivity index (χ3n) is 2.67. The molecule has 1 unspecified atom stereocenters. The normalized spacial score (nSPS) is 22.3. The van der Waals surface area contributed by atoms with Gasteiger partial charge in [-0.1, -0.05) is 30.2 Å². The molecule has 1 atom stereocenters. The summed E-state index contributed by atoms with van der Waals surface area (Å²) < 4.78 is 13.2. The Morgan fingerprint density at radius 3 is 2.93 bits per heavy atom. The van der Waals surface area contributed by atoms with Crippen molar-refractivity contribution in [3.05, 3.63) is 34.6 Å².